The molecule has 2 aromatic heterocycles. The van der Waals surface area contributed by atoms with E-state index >= 15 is 0 Å². The molecule has 0 radical (unpaired) electrons. The van der Waals surface area contributed by atoms with Gasteiger partial charge in [0.2, 0.25) is 0 Å². The van der Waals surface area contributed by atoms with E-state index in [2.05, 4.69) is 28.7 Å². The van der Waals surface area contributed by atoms with Gasteiger partial charge < -0.3 is 10.6 Å². The Bertz CT molecular complexity index is 520. The van der Waals surface area contributed by atoms with Crippen LogP contribution < -0.4 is 10.6 Å². The smallest absolute Gasteiger partial charge is 0.128 e. The van der Waals surface area contributed by atoms with Gasteiger partial charge in [-0.25, -0.2) is 4.98 Å². The molecular weight excluding hydrogens is 224 g/mol. The van der Waals surface area contributed by atoms with Crippen LogP contribution in [0.2, 0.25) is 0 Å². The van der Waals surface area contributed by atoms with Crippen molar-refractivity contribution in [3.63, 3.8) is 0 Å². The lowest BCUT2D eigenvalue weighted by atomic mass is 10.1. The number of aromatic nitrogens is 2. The highest BCUT2D eigenvalue weighted by atomic mass is 15.2. The first-order chi connectivity index (χ1) is 8.59. The van der Waals surface area contributed by atoms with Gasteiger partial charge in [-0.15, -0.1) is 0 Å². The summed E-state index contributed by atoms with van der Waals surface area (Å²) in [5.74, 6) is 0.955. The minimum atomic E-state index is 0.423. The maximum atomic E-state index is 5.92. The molecule has 0 atom stereocenters. The lowest BCUT2D eigenvalue weighted by Crippen LogP contribution is -2.26. The number of nitrogens with two attached hydrogens (primary N) is 1. The fourth-order valence-electron chi connectivity index (χ4n) is 1.66. The Balaban J connectivity index is 2.31. The van der Waals surface area contributed by atoms with E-state index in [1.807, 2.05) is 25.4 Å². The maximum Gasteiger partial charge on any atom is 0.128 e. The molecule has 4 heteroatoms. The molecule has 0 saturated heterocycles. The topological polar surface area (TPSA) is 55.0 Å². The zero-order chi connectivity index (χ0) is 13.1. The normalized spacial score (nSPS) is 10.7. The van der Waals surface area contributed by atoms with Crippen LogP contribution in [0.1, 0.15) is 13.8 Å². The van der Waals surface area contributed by atoms with Gasteiger partial charge in [-0.05, 0) is 32.0 Å². The van der Waals surface area contributed by atoms with Crippen molar-refractivity contribution in [2.75, 3.05) is 17.7 Å². The number of nitrogen functional groups attached to an aromatic ring is 1. The van der Waals surface area contributed by atoms with E-state index in [4.69, 9.17) is 5.73 Å². The zero-order valence-electron chi connectivity index (χ0n) is 11.0. The predicted octanol–water partition coefficient (Wildman–Crippen LogP) is 2.57. The molecule has 2 aromatic rings. The molecule has 0 spiro atoms. The lowest BCUT2D eigenvalue weighted by Gasteiger charge is -2.22. The highest BCUT2D eigenvalue weighted by molar-refractivity contribution is 5.75. The van der Waals surface area contributed by atoms with Crippen molar-refractivity contribution in [2.45, 2.75) is 19.9 Å². The van der Waals surface area contributed by atoms with Crippen molar-refractivity contribution in [1.29, 1.82) is 0 Å². The molecule has 4 nitrogen and oxygen atoms in total. The van der Waals surface area contributed by atoms with E-state index in [0.717, 1.165) is 22.6 Å². The zero-order valence-corrected chi connectivity index (χ0v) is 11.0. The van der Waals surface area contributed by atoms with E-state index < -0.39 is 0 Å². The van der Waals surface area contributed by atoms with Gasteiger partial charge in [0.25, 0.3) is 0 Å². The van der Waals surface area contributed by atoms with Gasteiger partial charge in [0.1, 0.15) is 5.82 Å². The first-order valence-corrected chi connectivity index (χ1v) is 5.98. The summed E-state index contributed by atoms with van der Waals surface area (Å²) in [5.41, 5.74) is 8.55. The Labute approximate surface area is 107 Å². The summed E-state index contributed by atoms with van der Waals surface area (Å²) in [4.78, 5) is 10.7. The van der Waals surface area contributed by atoms with Gasteiger partial charge in [-0.2, -0.15) is 0 Å². The van der Waals surface area contributed by atoms with Crippen LogP contribution in [-0.2, 0) is 0 Å². The monoisotopic (exact) mass is 242 g/mol. The highest BCUT2D eigenvalue weighted by Crippen LogP contribution is 2.25. The number of pyridine rings is 2. The van der Waals surface area contributed by atoms with Crippen LogP contribution in [0.4, 0.5) is 11.5 Å². The van der Waals surface area contributed by atoms with Gasteiger partial charge in [0, 0.05) is 48.5 Å². The number of rotatable bonds is 3. The number of hydrogen-bond donors (Lipinski definition) is 1. The minimum absolute atomic E-state index is 0.423. The first-order valence-electron chi connectivity index (χ1n) is 5.98. The third-order valence-electron chi connectivity index (χ3n) is 3.05. The van der Waals surface area contributed by atoms with Crippen LogP contribution >= 0.6 is 0 Å². The van der Waals surface area contributed by atoms with Gasteiger partial charge in [0.15, 0.2) is 0 Å². The van der Waals surface area contributed by atoms with Gasteiger partial charge in [-0.1, -0.05) is 0 Å². The fraction of sp³-hybridized carbons (Fsp3) is 0.286. The quantitative estimate of drug-likeness (QED) is 0.898. The summed E-state index contributed by atoms with van der Waals surface area (Å²) in [6, 6.07) is 6.24. The number of anilines is 2. The summed E-state index contributed by atoms with van der Waals surface area (Å²) >= 11 is 0. The Morgan fingerprint density at radius 2 is 1.94 bits per heavy atom. The second kappa shape index (κ2) is 5.04. The van der Waals surface area contributed by atoms with Crippen LogP contribution in [-0.4, -0.2) is 23.1 Å². The third-order valence-corrected chi connectivity index (χ3v) is 3.05. The van der Waals surface area contributed by atoms with E-state index in [-0.39, 0.29) is 0 Å². The van der Waals surface area contributed by atoms with Crippen LogP contribution in [0, 0.1) is 0 Å². The molecule has 2 N–H and O–H groups in total. The molecule has 2 heterocycles. The largest absolute Gasteiger partial charge is 0.398 e. The van der Waals surface area contributed by atoms with Crippen molar-refractivity contribution >= 4 is 11.5 Å². The van der Waals surface area contributed by atoms with Gasteiger partial charge in [-0.3, -0.25) is 4.98 Å². The van der Waals surface area contributed by atoms with Crippen LogP contribution in [0.15, 0.2) is 36.8 Å². The molecule has 0 aliphatic heterocycles. The van der Waals surface area contributed by atoms with Crippen molar-refractivity contribution in [3.8, 4) is 11.1 Å². The summed E-state index contributed by atoms with van der Waals surface area (Å²) < 4.78 is 0. The summed E-state index contributed by atoms with van der Waals surface area (Å²) in [6.07, 6.45) is 5.28. The summed E-state index contributed by atoms with van der Waals surface area (Å²) in [7, 11) is 2.03. The molecule has 0 fully saturated rings. The average molecular weight is 242 g/mol. The Hall–Kier alpha value is -2.10. The first kappa shape index (κ1) is 12.4. The molecule has 0 amide bonds. The number of nitrogens with zero attached hydrogens (tertiary/aromatic N) is 3. The average Bonchev–Trinajstić information content (AvgIpc) is 2.38. The molecule has 0 bridgehead atoms. The molecule has 0 saturated carbocycles. The molecule has 0 aromatic carbocycles. The molecule has 18 heavy (non-hydrogen) atoms. The lowest BCUT2D eigenvalue weighted by molar-refractivity contribution is 0.743. The van der Waals surface area contributed by atoms with Crippen LogP contribution in [0.25, 0.3) is 11.1 Å². The maximum absolute atomic E-state index is 5.92. The standard InChI is InChI=1S/C14H18N4/c1-10(2)18(3)14-5-4-11(8-17-14)12-9-16-7-6-13(12)15/h4-10H,1-3H3,(H2,15,16). The van der Waals surface area contributed by atoms with Gasteiger partial charge in [0.05, 0.1) is 0 Å². The Kier molecular flexibility index (Phi) is 3.46. The van der Waals surface area contributed by atoms with Crippen molar-refractivity contribution < 1.29 is 0 Å². The van der Waals surface area contributed by atoms with Gasteiger partial charge >= 0.3 is 0 Å². The van der Waals surface area contributed by atoms with E-state index in [1.165, 1.54) is 0 Å². The molecule has 0 aliphatic carbocycles. The fourth-order valence-corrected chi connectivity index (χ4v) is 1.66. The van der Waals surface area contributed by atoms with E-state index in [1.54, 1.807) is 18.5 Å². The predicted molar refractivity (Wildman–Crippen MR) is 75.4 cm³/mol. The van der Waals surface area contributed by atoms with E-state index in [0.29, 0.717) is 6.04 Å². The molecular formula is C14H18N4. The molecule has 94 valence electrons. The second-order valence-corrected chi connectivity index (χ2v) is 4.57. The van der Waals surface area contributed by atoms with E-state index in [9.17, 15) is 0 Å². The molecule has 2 rings (SSSR count). The van der Waals surface area contributed by atoms with Crippen LogP contribution in [0.5, 0.6) is 0 Å². The molecule has 0 unspecified atom stereocenters. The third kappa shape index (κ3) is 2.42. The van der Waals surface area contributed by atoms with Crippen molar-refractivity contribution in [3.05, 3.63) is 36.8 Å². The van der Waals surface area contributed by atoms with Crippen molar-refractivity contribution in [2.24, 2.45) is 0 Å². The molecule has 0 aliphatic rings. The Morgan fingerprint density at radius 3 is 2.50 bits per heavy atom. The second-order valence-electron chi connectivity index (χ2n) is 4.57. The number of hydrogen-bond acceptors (Lipinski definition) is 4. The van der Waals surface area contributed by atoms with Crippen molar-refractivity contribution in [1.82, 2.24) is 9.97 Å². The minimum Gasteiger partial charge on any atom is -0.398 e. The SMILES string of the molecule is CC(C)N(C)c1ccc(-c2cnccc2N)cn1. The van der Waals surface area contributed by atoms with Crippen LogP contribution in [0.3, 0.4) is 0 Å². The highest BCUT2D eigenvalue weighted by Gasteiger charge is 2.07. The summed E-state index contributed by atoms with van der Waals surface area (Å²) in [5, 5.41) is 0. The Morgan fingerprint density at radius 1 is 1.17 bits per heavy atom. The summed E-state index contributed by atoms with van der Waals surface area (Å²) in [6.45, 7) is 4.27.